The first-order valence-corrected chi connectivity index (χ1v) is 12.1. The molecule has 0 N–H and O–H groups in total. The molecule has 0 unspecified atom stereocenters. The number of rotatable bonds is 10. The maximum absolute atomic E-state index is 13.6. The predicted octanol–water partition coefficient (Wildman–Crippen LogP) is 2.50. The lowest BCUT2D eigenvalue weighted by Crippen LogP contribution is -2.42. The van der Waals surface area contributed by atoms with E-state index in [-0.39, 0.29) is 50.4 Å². The van der Waals surface area contributed by atoms with Crippen molar-refractivity contribution < 1.29 is 28.2 Å². The van der Waals surface area contributed by atoms with E-state index in [0.29, 0.717) is 30.9 Å². The lowest BCUT2D eigenvalue weighted by Gasteiger charge is -2.26. The molecule has 194 valence electrons. The van der Waals surface area contributed by atoms with E-state index in [1.165, 1.54) is 17.0 Å². The molecule has 9 heteroatoms. The summed E-state index contributed by atoms with van der Waals surface area (Å²) < 4.78 is 24.8. The molecule has 0 saturated carbocycles. The fraction of sp³-hybridized carbons (Fsp3) is 0.444. The summed E-state index contributed by atoms with van der Waals surface area (Å²) >= 11 is 0. The van der Waals surface area contributed by atoms with Crippen molar-refractivity contribution in [2.45, 2.75) is 32.9 Å². The highest BCUT2D eigenvalue weighted by atomic mass is 19.1. The third kappa shape index (κ3) is 7.52. The topological polar surface area (TPSA) is 79.4 Å². The number of carbonyl (C=O) groups is 3. The molecule has 0 bridgehead atoms. The van der Waals surface area contributed by atoms with Gasteiger partial charge in [0.05, 0.1) is 26.2 Å². The van der Waals surface area contributed by atoms with Crippen molar-refractivity contribution >= 4 is 17.7 Å². The highest BCUT2D eigenvalue weighted by Gasteiger charge is 2.31. The minimum atomic E-state index is -0.550. The molecule has 3 amide bonds. The number of methoxy groups -OCH3 is 1. The summed E-state index contributed by atoms with van der Waals surface area (Å²) in [5, 5.41) is 0. The molecule has 0 aliphatic carbocycles. The molecular weight excluding hydrogens is 465 g/mol. The van der Waals surface area contributed by atoms with Gasteiger partial charge in [-0.15, -0.1) is 0 Å². The first-order chi connectivity index (χ1) is 17.3. The Bertz CT molecular complexity index is 1040. The van der Waals surface area contributed by atoms with Gasteiger partial charge in [-0.3, -0.25) is 14.4 Å². The van der Waals surface area contributed by atoms with Gasteiger partial charge in [-0.2, -0.15) is 0 Å². The van der Waals surface area contributed by atoms with Crippen LogP contribution in [0, 0.1) is 5.82 Å². The minimum Gasteiger partial charge on any atom is -0.497 e. The molecule has 1 fully saturated rings. The van der Waals surface area contributed by atoms with Crippen LogP contribution in [0.5, 0.6) is 5.75 Å². The Morgan fingerprint density at radius 3 is 2.42 bits per heavy atom. The van der Waals surface area contributed by atoms with Crippen molar-refractivity contribution in [1.82, 2.24) is 14.7 Å². The molecule has 1 aliphatic heterocycles. The van der Waals surface area contributed by atoms with Crippen LogP contribution in [0.15, 0.2) is 48.5 Å². The van der Waals surface area contributed by atoms with E-state index in [9.17, 15) is 18.8 Å². The van der Waals surface area contributed by atoms with Crippen molar-refractivity contribution in [3.8, 4) is 5.75 Å². The predicted molar refractivity (Wildman–Crippen MR) is 133 cm³/mol. The third-order valence-electron chi connectivity index (χ3n) is 6.22. The molecule has 1 aliphatic rings. The largest absolute Gasteiger partial charge is 0.497 e. The summed E-state index contributed by atoms with van der Waals surface area (Å²) in [5.41, 5.74) is 1.43. The molecular formula is C27H34FN3O5. The van der Waals surface area contributed by atoms with Gasteiger partial charge >= 0.3 is 0 Å². The molecule has 2 aromatic rings. The highest BCUT2D eigenvalue weighted by molar-refractivity contribution is 5.86. The first-order valence-electron chi connectivity index (χ1n) is 12.1. The molecule has 0 aromatic heterocycles. The van der Waals surface area contributed by atoms with Crippen LogP contribution in [-0.2, 0) is 32.1 Å². The maximum Gasteiger partial charge on any atom is 0.248 e. The number of nitrogens with zero attached hydrogens (tertiary/aromatic N) is 3. The van der Waals surface area contributed by atoms with Crippen molar-refractivity contribution in [3.05, 3.63) is 65.5 Å². The number of likely N-dealkylation sites (N-methyl/N-ethyl adjacent to an activating group) is 1. The SMILES string of the molecule is CCN(CC)C(=O)CO[C@@H]1CN(C(=O)Cc2cccc(F)c2)CC(=O)N(Cc2ccc(OC)cc2)C1. The van der Waals surface area contributed by atoms with Gasteiger partial charge < -0.3 is 24.2 Å². The number of hydrogen-bond acceptors (Lipinski definition) is 5. The van der Waals surface area contributed by atoms with Crippen LogP contribution < -0.4 is 4.74 Å². The monoisotopic (exact) mass is 499 g/mol. The fourth-order valence-electron chi connectivity index (χ4n) is 4.17. The quantitative estimate of drug-likeness (QED) is 0.502. The van der Waals surface area contributed by atoms with Crippen LogP contribution in [-0.4, -0.2) is 85.0 Å². The Labute approximate surface area is 211 Å². The van der Waals surface area contributed by atoms with E-state index in [4.69, 9.17) is 9.47 Å². The third-order valence-corrected chi connectivity index (χ3v) is 6.22. The molecule has 0 spiro atoms. The normalized spacial score (nSPS) is 16.0. The number of carbonyl (C=O) groups excluding carboxylic acids is 3. The summed E-state index contributed by atoms with van der Waals surface area (Å²) in [5.74, 6) is -0.376. The van der Waals surface area contributed by atoms with Gasteiger partial charge in [-0.05, 0) is 49.2 Å². The zero-order valence-electron chi connectivity index (χ0n) is 21.1. The molecule has 1 heterocycles. The molecule has 0 radical (unpaired) electrons. The van der Waals surface area contributed by atoms with Gasteiger partial charge in [0.25, 0.3) is 0 Å². The van der Waals surface area contributed by atoms with Crippen LogP contribution in [0.25, 0.3) is 0 Å². The minimum absolute atomic E-state index is 0.0331. The van der Waals surface area contributed by atoms with Crippen molar-refractivity contribution in [1.29, 1.82) is 0 Å². The highest BCUT2D eigenvalue weighted by Crippen LogP contribution is 2.17. The van der Waals surface area contributed by atoms with E-state index in [1.807, 2.05) is 38.1 Å². The molecule has 3 rings (SSSR count). The van der Waals surface area contributed by atoms with Gasteiger partial charge in [0, 0.05) is 32.7 Å². The summed E-state index contributed by atoms with van der Waals surface area (Å²) in [7, 11) is 1.59. The van der Waals surface area contributed by atoms with E-state index in [1.54, 1.807) is 29.0 Å². The molecule has 36 heavy (non-hydrogen) atoms. The van der Waals surface area contributed by atoms with Gasteiger partial charge in [-0.1, -0.05) is 24.3 Å². The molecule has 2 aromatic carbocycles. The second kappa shape index (κ2) is 13.0. The Balaban J connectivity index is 1.75. The summed E-state index contributed by atoms with van der Waals surface area (Å²) in [4.78, 5) is 43.5. The standard InChI is InChI=1S/C27H34FN3O5/c1-4-29(5-2)27(34)19-36-24-16-30(15-20-9-11-23(35-3)12-10-20)26(33)18-31(17-24)25(32)14-21-7-6-8-22(28)13-21/h6-13,24H,4-5,14-19H2,1-3H3/t24-/m0/s1. The van der Waals surface area contributed by atoms with E-state index < -0.39 is 11.9 Å². The van der Waals surface area contributed by atoms with Crippen LogP contribution in [0.3, 0.4) is 0 Å². The average Bonchev–Trinajstić information content (AvgIpc) is 3.02. The van der Waals surface area contributed by atoms with E-state index in [2.05, 4.69) is 0 Å². The van der Waals surface area contributed by atoms with Crippen LogP contribution in [0.2, 0.25) is 0 Å². The van der Waals surface area contributed by atoms with Gasteiger partial charge in [0.2, 0.25) is 17.7 Å². The van der Waals surface area contributed by atoms with Crippen LogP contribution in [0.1, 0.15) is 25.0 Å². The van der Waals surface area contributed by atoms with Crippen molar-refractivity contribution in [2.75, 3.05) is 46.4 Å². The summed E-state index contributed by atoms with van der Waals surface area (Å²) in [6.07, 6.45) is -0.583. The second-order valence-corrected chi connectivity index (χ2v) is 8.70. The van der Waals surface area contributed by atoms with Gasteiger partial charge in [-0.25, -0.2) is 4.39 Å². The molecule has 1 atom stereocenters. The van der Waals surface area contributed by atoms with Gasteiger partial charge in [0.1, 0.15) is 18.2 Å². The second-order valence-electron chi connectivity index (χ2n) is 8.70. The van der Waals surface area contributed by atoms with Crippen LogP contribution >= 0.6 is 0 Å². The Morgan fingerprint density at radius 1 is 1.06 bits per heavy atom. The van der Waals surface area contributed by atoms with Crippen molar-refractivity contribution in [3.63, 3.8) is 0 Å². The number of ether oxygens (including phenoxy) is 2. The average molecular weight is 500 g/mol. The lowest BCUT2D eigenvalue weighted by molar-refractivity contribution is -0.139. The zero-order valence-corrected chi connectivity index (χ0v) is 21.1. The Kier molecular flexibility index (Phi) is 9.81. The summed E-state index contributed by atoms with van der Waals surface area (Å²) in [6.45, 7) is 5.41. The lowest BCUT2D eigenvalue weighted by atomic mass is 10.1. The Morgan fingerprint density at radius 2 is 1.78 bits per heavy atom. The number of halogens is 1. The van der Waals surface area contributed by atoms with Crippen molar-refractivity contribution in [2.24, 2.45) is 0 Å². The van der Waals surface area contributed by atoms with Crippen LogP contribution in [0.4, 0.5) is 4.39 Å². The fourth-order valence-corrected chi connectivity index (χ4v) is 4.17. The summed E-state index contributed by atoms with van der Waals surface area (Å²) in [6, 6.07) is 13.3. The number of amides is 3. The van der Waals surface area contributed by atoms with E-state index >= 15 is 0 Å². The molecule has 8 nitrogen and oxygen atoms in total. The smallest absolute Gasteiger partial charge is 0.248 e. The Hall–Kier alpha value is -3.46. The first kappa shape index (κ1) is 27.1. The maximum atomic E-state index is 13.6. The van der Waals surface area contributed by atoms with Gasteiger partial charge in [0.15, 0.2) is 0 Å². The van der Waals surface area contributed by atoms with E-state index in [0.717, 1.165) is 5.56 Å². The number of hydrogen-bond donors (Lipinski definition) is 0. The zero-order chi connectivity index (χ0) is 26.1. The number of benzene rings is 2. The molecule has 1 saturated heterocycles.